The summed E-state index contributed by atoms with van der Waals surface area (Å²) in [5.74, 6) is -0.703. The normalized spacial score (nSPS) is 16.1. The number of alkyl halides is 3. The van der Waals surface area contributed by atoms with Crippen molar-refractivity contribution in [1.29, 1.82) is 0 Å². The maximum atomic E-state index is 13.1. The molecule has 0 radical (unpaired) electrons. The van der Waals surface area contributed by atoms with Crippen molar-refractivity contribution in [2.75, 3.05) is 31.6 Å². The quantitative estimate of drug-likeness (QED) is 0.299. The number of halogens is 3. The van der Waals surface area contributed by atoms with Crippen LogP contribution < -0.4 is 4.90 Å². The van der Waals surface area contributed by atoms with Crippen molar-refractivity contribution in [1.82, 2.24) is 9.80 Å². The highest BCUT2D eigenvalue weighted by molar-refractivity contribution is 6.10. The Balaban J connectivity index is 1.33. The minimum atomic E-state index is -4.48. The number of nitrogens with zero attached hydrogens (tertiary/aromatic N) is 3. The number of hydrogen-bond donors (Lipinski definition) is 0. The molecular formula is C33H36F3N3O4. The Morgan fingerprint density at radius 2 is 1.37 bits per heavy atom. The Hall–Kier alpha value is -4.18. The molecule has 1 saturated heterocycles. The van der Waals surface area contributed by atoms with Crippen molar-refractivity contribution in [3.05, 3.63) is 101 Å². The van der Waals surface area contributed by atoms with Gasteiger partial charge in [-0.05, 0) is 69.7 Å². The van der Waals surface area contributed by atoms with Crippen LogP contribution in [0.3, 0.4) is 0 Å². The summed E-state index contributed by atoms with van der Waals surface area (Å²) in [4.78, 5) is 43.9. The number of amides is 2. The lowest BCUT2D eigenvalue weighted by Gasteiger charge is -2.40. The van der Waals surface area contributed by atoms with E-state index in [0.29, 0.717) is 24.3 Å². The number of hydrogen-bond acceptors (Lipinski definition) is 5. The van der Waals surface area contributed by atoms with Gasteiger partial charge in [-0.15, -0.1) is 0 Å². The molecule has 1 atom stereocenters. The second-order valence-corrected chi connectivity index (χ2v) is 11.8. The highest BCUT2D eigenvalue weighted by Gasteiger charge is 2.31. The molecule has 10 heteroatoms. The second kappa shape index (κ2) is 12.6. The SMILES string of the molecule is C[C@H]1CN(Cc2ccc(N(C)C(=O)c3ccc(C(=O)c4ccc(C(F)(F)F)cc4)cc3)cc2)CCN1C(=O)OC(C)(C)C. The third-order valence-electron chi connectivity index (χ3n) is 7.24. The first-order chi connectivity index (χ1) is 20.1. The summed E-state index contributed by atoms with van der Waals surface area (Å²) < 4.78 is 44.0. The van der Waals surface area contributed by atoms with E-state index in [1.807, 2.05) is 52.0 Å². The van der Waals surface area contributed by atoms with E-state index in [1.165, 1.54) is 29.2 Å². The van der Waals surface area contributed by atoms with Gasteiger partial charge in [0.2, 0.25) is 0 Å². The van der Waals surface area contributed by atoms with Gasteiger partial charge in [0, 0.05) is 61.6 Å². The van der Waals surface area contributed by atoms with E-state index in [-0.39, 0.29) is 29.2 Å². The molecule has 7 nitrogen and oxygen atoms in total. The van der Waals surface area contributed by atoms with Gasteiger partial charge in [0.15, 0.2) is 5.78 Å². The molecule has 1 heterocycles. The third kappa shape index (κ3) is 8.01. The van der Waals surface area contributed by atoms with Crippen LogP contribution in [-0.4, -0.2) is 65.9 Å². The lowest BCUT2D eigenvalue weighted by atomic mass is 10.0. The van der Waals surface area contributed by atoms with E-state index < -0.39 is 23.1 Å². The van der Waals surface area contributed by atoms with E-state index in [2.05, 4.69) is 4.90 Å². The number of ether oxygens (including phenoxy) is 1. The smallest absolute Gasteiger partial charge is 0.416 e. The fourth-order valence-corrected chi connectivity index (χ4v) is 4.90. The van der Waals surface area contributed by atoms with Crippen LogP contribution in [0.25, 0.3) is 0 Å². The highest BCUT2D eigenvalue weighted by Crippen LogP contribution is 2.29. The topological polar surface area (TPSA) is 70.2 Å². The fourth-order valence-electron chi connectivity index (χ4n) is 4.90. The first-order valence-electron chi connectivity index (χ1n) is 14.0. The molecule has 0 N–H and O–H groups in total. The zero-order valence-electron chi connectivity index (χ0n) is 24.9. The Bertz CT molecular complexity index is 1450. The molecule has 2 amide bonds. The third-order valence-corrected chi connectivity index (χ3v) is 7.24. The molecule has 0 aromatic heterocycles. The van der Waals surface area contributed by atoms with Crippen LogP contribution >= 0.6 is 0 Å². The molecule has 4 rings (SSSR count). The van der Waals surface area contributed by atoms with Crippen LogP contribution in [0.1, 0.15) is 65.1 Å². The van der Waals surface area contributed by atoms with Crippen molar-refractivity contribution in [3.8, 4) is 0 Å². The first-order valence-corrected chi connectivity index (χ1v) is 14.0. The van der Waals surface area contributed by atoms with Gasteiger partial charge < -0.3 is 14.5 Å². The van der Waals surface area contributed by atoms with Crippen molar-refractivity contribution in [2.45, 2.75) is 52.1 Å². The van der Waals surface area contributed by atoms with Crippen LogP contribution in [0.2, 0.25) is 0 Å². The summed E-state index contributed by atoms with van der Waals surface area (Å²) in [5.41, 5.74) is 1.18. The van der Waals surface area contributed by atoms with Gasteiger partial charge in [0.1, 0.15) is 5.60 Å². The number of carbonyl (C=O) groups is 3. The Labute approximate surface area is 249 Å². The lowest BCUT2D eigenvalue weighted by molar-refractivity contribution is -0.137. The van der Waals surface area contributed by atoms with Crippen LogP contribution in [-0.2, 0) is 17.5 Å². The molecule has 1 aliphatic rings. The second-order valence-electron chi connectivity index (χ2n) is 11.8. The molecule has 1 aliphatic heterocycles. The summed E-state index contributed by atoms with van der Waals surface area (Å²) in [6, 6.07) is 17.8. The largest absolute Gasteiger partial charge is 0.444 e. The predicted octanol–water partition coefficient (Wildman–Crippen LogP) is 6.65. The van der Waals surface area contributed by atoms with Gasteiger partial charge in [-0.1, -0.05) is 36.4 Å². The summed E-state index contributed by atoms with van der Waals surface area (Å²) in [6.07, 6.45) is -4.77. The lowest BCUT2D eigenvalue weighted by Crippen LogP contribution is -2.54. The Morgan fingerprint density at radius 1 is 0.837 bits per heavy atom. The Kier molecular flexibility index (Phi) is 9.29. The van der Waals surface area contributed by atoms with Crippen LogP contribution in [0, 0.1) is 0 Å². The number of carbonyl (C=O) groups excluding carboxylic acids is 3. The van der Waals surface area contributed by atoms with Crippen molar-refractivity contribution in [3.63, 3.8) is 0 Å². The van der Waals surface area contributed by atoms with Crippen LogP contribution in [0.5, 0.6) is 0 Å². The minimum absolute atomic E-state index is 0.0169. The highest BCUT2D eigenvalue weighted by atomic mass is 19.4. The molecule has 0 unspecified atom stereocenters. The maximum absolute atomic E-state index is 13.1. The predicted molar refractivity (Wildman–Crippen MR) is 158 cm³/mol. The van der Waals surface area contributed by atoms with Gasteiger partial charge >= 0.3 is 12.3 Å². The average Bonchev–Trinajstić information content (AvgIpc) is 2.95. The van der Waals surface area contributed by atoms with Gasteiger partial charge in [0.25, 0.3) is 5.91 Å². The maximum Gasteiger partial charge on any atom is 0.416 e. The number of piperazine rings is 1. The molecule has 0 aliphatic carbocycles. The van der Waals surface area contributed by atoms with Crippen LogP contribution in [0.4, 0.5) is 23.7 Å². The standard InChI is InChI=1S/C33H36F3N3O4/c1-22-20-38(18-19-39(22)31(42)43-32(2,3)4)21-23-6-16-28(17-7-23)37(5)30(41)26-10-8-24(9-11-26)29(40)25-12-14-27(15-13-25)33(34,35)36/h6-17,22H,18-21H2,1-5H3/t22-/m0/s1. The number of ketones is 1. The van der Waals surface area contributed by atoms with Gasteiger partial charge in [-0.2, -0.15) is 13.2 Å². The fraction of sp³-hybridized carbons (Fsp3) is 0.364. The molecular weight excluding hydrogens is 559 g/mol. The molecule has 1 fully saturated rings. The molecule has 3 aromatic rings. The zero-order chi connectivity index (χ0) is 31.5. The molecule has 0 bridgehead atoms. The zero-order valence-corrected chi connectivity index (χ0v) is 24.9. The first kappa shape index (κ1) is 31.7. The number of anilines is 1. The molecule has 3 aromatic carbocycles. The van der Waals surface area contributed by atoms with Crippen molar-refractivity contribution < 1.29 is 32.3 Å². The monoisotopic (exact) mass is 595 g/mol. The Morgan fingerprint density at radius 3 is 1.88 bits per heavy atom. The van der Waals surface area contributed by atoms with Gasteiger partial charge in [-0.3, -0.25) is 14.5 Å². The van der Waals surface area contributed by atoms with Crippen LogP contribution in [0.15, 0.2) is 72.8 Å². The van der Waals surface area contributed by atoms with Crippen molar-refractivity contribution in [2.24, 2.45) is 0 Å². The van der Waals surface area contributed by atoms with E-state index in [9.17, 15) is 27.6 Å². The average molecular weight is 596 g/mol. The summed E-state index contributed by atoms with van der Waals surface area (Å²) in [5, 5.41) is 0. The molecule has 0 spiro atoms. The molecule has 43 heavy (non-hydrogen) atoms. The number of benzene rings is 3. The number of rotatable bonds is 6. The van der Waals surface area contributed by atoms with E-state index in [4.69, 9.17) is 4.74 Å². The minimum Gasteiger partial charge on any atom is -0.444 e. The van der Waals surface area contributed by atoms with Gasteiger partial charge in [-0.25, -0.2) is 4.79 Å². The summed E-state index contributed by atoms with van der Waals surface area (Å²) >= 11 is 0. The van der Waals surface area contributed by atoms with E-state index >= 15 is 0 Å². The summed E-state index contributed by atoms with van der Waals surface area (Å²) in [7, 11) is 1.66. The van der Waals surface area contributed by atoms with Gasteiger partial charge in [0.05, 0.1) is 5.56 Å². The van der Waals surface area contributed by atoms with E-state index in [0.717, 1.165) is 42.9 Å². The summed E-state index contributed by atoms with van der Waals surface area (Å²) in [6.45, 7) is 10.3. The van der Waals surface area contributed by atoms with Crippen molar-refractivity contribution >= 4 is 23.5 Å². The molecule has 0 saturated carbocycles. The van der Waals surface area contributed by atoms with E-state index in [1.54, 1.807) is 11.9 Å². The molecule has 228 valence electrons.